The van der Waals surface area contributed by atoms with Crippen molar-refractivity contribution in [3.63, 3.8) is 0 Å². The number of piperidine rings is 1. The molecule has 1 aromatic carbocycles. The largest absolute Gasteiger partial charge is 0.299 e. The van der Waals surface area contributed by atoms with Crippen LogP contribution in [0.15, 0.2) is 36.5 Å². The minimum Gasteiger partial charge on any atom is -0.299 e. The van der Waals surface area contributed by atoms with Gasteiger partial charge in [-0.1, -0.05) is 29.3 Å². The molecule has 1 aliphatic heterocycles. The summed E-state index contributed by atoms with van der Waals surface area (Å²) in [5.74, 6) is 0.498. The molecule has 1 fully saturated rings. The zero-order valence-corrected chi connectivity index (χ0v) is 15.6. The van der Waals surface area contributed by atoms with Crippen LogP contribution < -0.4 is 0 Å². The molecule has 3 heterocycles. The number of hydrogen-bond acceptors (Lipinski definition) is 3. The topological polar surface area (TPSA) is 34.0 Å². The van der Waals surface area contributed by atoms with E-state index in [2.05, 4.69) is 22.0 Å². The molecule has 0 aliphatic carbocycles. The molecular weight excluding hydrogens is 355 g/mol. The standard InChI is InChI=1S/C19H20Cl2N4/c1-24-19-15(3-2-8-22-19)18(23-24)14-6-9-25(10-7-14)12-13-4-5-16(20)17(21)11-13/h2-5,8,11,14H,6-7,9-10,12H2,1H3. The molecule has 6 heteroatoms. The Kier molecular flexibility index (Phi) is 4.67. The second kappa shape index (κ2) is 6.94. The molecule has 0 unspecified atom stereocenters. The number of aryl methyl sites for hydroxylation is 1. The van der Waals surface area contributed by atoms with Gasteiger partial charge in [-0.25, -0.2) is 4.98 Å². The van der Waals surface area contributed by atoms with Gasteiger partial charge in [0.05, 0.1) is 15.7 Å². The van der Waals surface area contributed by atoms with Crippen molar-refractivity contribution in [2.45, 2.75) is 25.3 Å². The number of likely N-dealkylation sites (tertiary alicyclic amines) is 1. The predicted molar refractivity (Wildman–Crippen MR) is 102 cm³/mol. The van der Waals surface area contributed by atoms with Gasteiger partial charge in [0.2, 0.25) is 0 Å². The maximum atomic E-state index is 6.13. The van der Waals surface area contributed by atoms with E-state index in [0.717, 1.165) is 38.1 Å². The minimum absolute atomic E-state index is 0.498. The van der Waals surface area contributed by atoms with Crippen LogP contribution in [0.25, 0.3) is 11.0 Å². The predicted octanol–water partition coefficient (Wildman–Crippen LogP) is 4.65. The van der Waals surface area contributed by atoms with E-state index in [1.165, 1.54) is 16.6 Å². The van der Waals surface area contributed by atoms with Crippen molar-refractivity contribution in [2.75, 3.05) is 13.1 Å². The van der Waals surface area contributed by atoms with E-state index in [9.17, 15) is 0 Å². The van der Waals surface area contributed by atoms with Crippen LogP contribution in [0.3, 0.4) is 0 Å². The average Bonchev–Trinajstić information content (AvgIpc) is 2.96. The molecular formula is C19H20Cl2N4. The highest BCUT2D eigenvalue weighted by molar-refractivity contribution is 6.42. The summed E-state index contributed by atoms with van der Waals surface area (Å²) in [5.41, 5.74) is 3.37. The van der Waals surface area contributed by atoms with Crippen LogP contribution >= 0.6 is 23.2 Å². The first-order chi connectivity index (χ1) is 12.1. The summed E-state index contributed by atoms with van der Waals surface area (Å²) in [4.78, 5) is 6.92. The first kappa shape index (κ1) is 16.8. The quantitative estimate of drug-likeness (QED) is 0.668. The molecule has 0 radical (unpaired) electrons. The lowest BCUT2D eigenvalue weighted by molar-refractivity contribution is 0.203. The van der Waals surface area contributed by atoms with Crippen molar-refractivity contribution < 1.29 is 0 Å². The zero-order valence-electron chi connectivity index (χ0n) is 14.1. The highest BCUT2D eigenvalue weighted by Gasteiger charge is 2.25. The van der Waals surface area contributed by atoms with Crippen LogP contribution in [0.2, 0.25) is 10.0 Å². The third kappa shape index (κ3) is 3.39. The molecule has 2 aromatic heterocycles. The second-order valence-electron chi connectivity index (χ2n) is 6.68. The Morgan fingerprint density at radius 3 is 2.68 bits per heavy atom. The number of nitrogens with zero attached hydrogens (tertiary/aromatic N) is 4. The molecule has 0 amide bonds. The van der Waals surface area contributed by atoms with E-state index in [0.29, 0.717) is 16.0 Å². The Hall–Kier alpha value is -1.62. The van der Waals surface area contributed by atoms with Crippen LogP contribution in [0.1, 0.15) is 30.0 Å². The van der Waals surface area contributed by atoms with E-state index in [1.807, 2.05) is 36.1 Å². The zero-order chi connectivity index (χ0) is 17.4. The van der Waals surface area contributed by atoms with E-state index in [1.54, 1.807) is 0 Å². The first-order valence-electron chi connectivity index (χ1n) is 8.55. The Morgan fingerprint density at radius 1 is 1.12 bits per heavy atom. The minimum atomic E-state index is 0.498. The van der Waals surface area contributed by atoms with Gasteiger partial charge in [0.1, 0.15) is 0 Å². The monoisotopic (exact) mass is 374 g/mol. The molecule has 4 nitrogen and oxygen atoms in total. The first-order valence-corrected chi connectivity index (χ1v) is 9.31. The molecule has 0 saturated carbocycles. The molecule has 0 N–H and O–H groups in total. The fourth-order valence-electron chi connectivity index (χ4n) is 3.68. The maximum Gasteiger partial charge on any atom is 0.157 e. The van der Waals surface area contributed by atoms with Gasteiger partial charge in [-0.05, 0) is 55.8 Å². The van der Waals surface area contributed by atoms with Crippen LogP contribution in [-0.2, 0) is 13.6 Å². The SMILES string of the molecule is Cn1nc(C2CCN(Cc3ccc(Cl)c(Cl)c3)CC2)c2cccnc21. The summed E-state index contributed by atoms with van der Waals surface area (Å²) in [6.07, 6.45) is 4.05. The fraction of sp³-hybridized carbons (Fsp3) is 0.368. The lowest BCUT2D eigenvalue weighted by Gasteiger charge is -2.31. The number of aromatic nitrogens is 3. The lowest BCUT2D eigenvalue weighted by atomic mass is 9.92. The average molecular weight is 375 g/mol. The summed E-state index contributed by atoms with van der Waals surface area (Å²) < 4.78 is 1.90. The van der Waals surface area contributed by atoms with Crippen molar-refractivity contribution in [2.24, 2.45) is 7.05 Å². The number of benzene rings is 1. The van der Waals surface area contributed by atoms with Gasteiger partial charge in [0.25, 0.3) is 0 Å². The summed E-state index contributed by atoms with van der Waals surface area (Å²) in [7, 11) is 1.97. The van der Waals surface area contributed by atoms with Gasteiger partial charge in [0, 0.05) is 31.1 Å². The Bertz CT molecular complexity index is 898. The fourth-order valence-corrected chi connectivity index (χ4v) is 4.00. The number of pyridine rings is 1. The van der Waals surface area contributed by atoms with Gasteiger partial charge >= 0.3 is 0 Å². The van der Waals surface area contributed by atoms with Crippen LogP contribution in [0, 0.1) is 0 Å². The highest BCUT2D eigenvalue weighted by Crippen LogP contribution is 2.32. The van der Waals surface area contributed by atoms with Gasteiger partial charge in [-0.2, -0.15) is 5.10 Å². The lowest BCUT2D eigenvalue weighted by Crippen LogP contribution is -2.32. The number of fused-ring (bicyclic) bond motifs is 1. The van der Waals surface area contributed by atoms with Crippen molar-refractivity contribution in [3.8, 4) is 0 Å². The number of hydrogen-bond donors (Lipinski definition) is 0. The Balaban J connectivity index is 1.45. The Morgan fingerprint density at radius 2 is 1.92 bits per heavy atom. The smallest absolute Gasteiger partial charge is 0.157 e. The van der Waals surface area contributed by atoms with Gasteiger partial charge < -0.3 is 0 Å². The van der Waals surface area contributed by atoms with Crippen molar-refractivity contribution in [1.82, 2.24) is 19.7 Å². The summed E-state index contributed by atoms with van der Waals surface area (Å²) in [6.45, 7) is 3.03. The number of halogens is 2. The van der Waals surface area contributed by atoms with Crippen molar-refractivity contribution in [1.29, 1.82) is 0 Å². The second-order valence-corrected chi connectivity index (χ2v) is 7.50. The van der Waals surface area contributed by atoms with Crippen LogP contribution in [-0.4, -0.2) is 32.8 Å². The third-order valence-electron chi connectivity index (χ3n) is 4.99. The highest BCUT2D eigenvalue weighted by atomic mass is 35.5. The molecule has 3 aromatic rings. The molecule has 25 heavy (non-hydrogen) atoms. The molecule has 0 spiro atoms. The van der Waals surface area contributed by atoms with Gasteiger partial charge in [-0.15, -0.1) is 0 Å². The molecule has 0 atom stereocenters. The molecule has 130 valence electrons. The van der Waals surface area contributed by atoms with Gasteiger partial charge in [-0.3, -0.25) is 9.58 Å². The van der Waals surface area contributed by atoms with Crippen molar-refractivity contribution in [3.05, 3.63) is 57.8 Å². The van der Waals surface area contributed by atoms with E-state index >= 15 is 0 Å². The van der Waals surface area contributed by atoms with E-state index in [-0.39, 0.29) is 0 Å². The number of rotatable bonds is 3. The summed E-state index contributed by atoms with van der Waals surface area (Å²) >= 11 is 12.1. The summed E-state index contributed by atoms with van der Waals surface area (Å²) in [6, 6.07) is 10.0. The van der Waals surface area contributed by atoms with E-state index in [4.69, 9.17) is 28.3 Å². The molecule has 1 saturated heterocycles. The third-order valence-corrected chi connectivity index (χ3v) is 5.73. The normalized spacial score (nSPS) is 16.6. The summed E-state index contributed by atoms with van der Waals surface area (Å²) in [5, 5.41) is 7.17. The van der Waals surface area contributed by atoms with Crippen molar-refractivity contribution >= 4 is 34.2 Å². The van der Waals surface area contributed by atoms with Crippen LogP contribution in [0.5, 0.6) is 0 Å². The van der Waals surface area contributed by atoms with Crippen LogP contribution in [0.4, 0.5) is 0 Å². The Labute approximate surface area is 157 Å². The maximum absolute atomic E-state index is 6.13. The molecule has 0 bridgehead atoms. The molecule has 1 aliphatic rings. The van der Waals surface area contributed by atoms with Gasteiger partial charge in [0.15, 0.2) is 5.65 Å². The molecule has 4 rings (SSSR count). The van der Waals surface area contributed by atoms with E-state index < -0.39 is 0 Å².